The Hall–Kier alpha value is -2.50. The third-order valence-electron chi connectivity index (χ3n) is 4.07. The van der Waals surface area contributed by atoms with Crippen molar-refractivity contribution in [2.24, 2.45) is 0 Å². The molecule has 0 bridgehead atoms. The molecule has 3 aromatic rings. The molecule has 0 atom stereocenters. The average molecular weight is 297 g/mol. The highest BCUT2D eigenvalue weighted by molar-refractivity contribution is 5.59. The highest BCUT2D eigenvalue weighted by atomic mass is 19.1. The summed E-state index contributed by atoms with van der Waals surface area (Å²) in [4.78, 5) is 0. The van der Waals surface area contributed by atoms with E-state index in [0.29, 0.717) is 17.5 Å². The number of anilines is 1. The van der Waals surface area contributed by atoms with Crippen LogP contribution in [0.4, 0.5) is 10.2 Å². The van der Waals surface area contributed by atoms with Gasteiger partial charge in [0.15, 0.2) is 11.5 Å². The Bertz CT molecular complexity index is 790. The van der Waals surface area contributed by atoms with Gasteiger partial charge in [0.1, 0.15) is 11.6 Å². The summed E-state index contributed by atoms with van der Waals surface area (Å²) in [6, 6.07) is 10.5. The number of benzene rings is 1. The van der Waals surface area contributed by atoms with Crippen molar-refractivity contribution < 1.29 is 4.39 Å². The van der Waals surface area contributed by atoms with Gasteiger partial charge in [0.2, 0.25) is 0 Å². The maximum Gasteiger partial charge on any atom is 0.185 e. The van der Waals surface area contributed by atoms with E-state index in [4.69, 9.17) is 0 Å². The molecule has 1 aromatic carbocycles. The molecule has 1 fully saturated rings. The van der Waals surface area contributed by atoms with Crippen LogP contribution in [0.1, 0.15) is 25.7 Å². The molecule has 2 aromatic heterocycles. The van der Waals surface area contributed by atoms with Crippen LogP contribution in [-0.2, 0) is 0 Å². The Labute approximate surface area is 127 Å². The molecule has 2 heterocycles. The highest BCUT2D eigenvalue weighted by Crippen LogP contribution is 2.23. The molecular formula is C16H16FN5. The summed E-state index contributed by atoms with van der Waals surface area (Å²) < 4.78 is 14.8. The average Bonchev–Trinajstić information content (AvgIpc) is 3.17. The largest absolute Gasteiger partial charge is 0.366 e. The number of hydrogen-bond acceptors (Lipinski definition) is 4. The van der Waals surface area contributed by atoms with Gasteiger partial charge in [-0.1, -0.05) is 12.8 Å². The van der Waals surface area contributed by atoms with Crippen LogP contribution in [0.5, 0.6) is 0 Å². The molecular weight excluding hydrogens is 281 g/mol. The molecule has 0 aliphatic heterocycles. The summed E-state index contributed by atoms with van der Waals surface area (Å²) >= 11 is 0. The van der Waals surface area contributed by atoms with Crippen LogP contribution in [0.15, 0.2) is 36.4 Å². The minimum Gasteiger partial charge on any atom is -0.366 e. The van der Waals surface area contributed by atoms with Gasteiger partial charge in [0.05, 0.1) is 0 Å². The second kappa shape index (κ2) is 5.36. The van der Waals surface area contributed by atoms with E-state index in [9.17, 15) is 4.39 Å². The maximum atomic E-state index is 13.1. The van der Waals surface area contributed by atoms with Crippen LogP contribution in [0.25, 0.3) is 17.0 Å². The first-order valence-corrected chi connectivity index (χ1v) is 7.54. The molecule has 0 radical (unpaired) electrons. The van der Waals surface area contributed by atoms with Crippen LogP contribution in [0, 0.1) is 5.82 Å². The van der Waals surface area contributed by atoms with Gasteiger partial charge in [-0.15, -0.1) is 15.3 Å². The summed E-state index contributed by atoms with van der Waals surface area (Å²) in [6.45, 7) is 0. The first kappa shape index (κ1) is 13.2. The molecule has 1 aliphatic carbocycles. The minimum absolute atomic E-state index is 0.269. The monoisotopic (exact) mass is 297 g/mol. The van der Waals surface area contributed by atoms with E-state index >= 15 is 0 Å². The number of nitrogens with one attached hydrogen (secondary N) is 1. The number of halogens is 1. The highest BCUT2D eigenvalue weighted by Gasteiger charge is 2.16. The lowest BCUT2D eigenvalue weighted by molar-refractivity contribution is 0.628. The van der Waals surface area contributed by atoms with Crippen LogP contribution in [-0.4, -0.2) is 25.9 Å². The van der Waals surface area contributed by atoms with Gasteiger partial charge in [-0.05, 0) is 49.2 Å². The first-order valence-electron chi connectivity index (χ1n) is 7.54. The molecule has 112 valence electrons. The minimum atomic E-state index is -0.269. The molecule has 4 rings (SSSR count). The summed E-state index contributed by atoms with van der Waals surface area (Å²) in [6.07, 6.45) is 4.92. The number of hydrogen-bond donors (Lipinski definition) is 1. The van der Waals surface area contributed by atoms with Crippen molar-refractivity contribution in [3.05, 3.63) is 42.2 Å². The Morgan fingerprint density at radius 2 is 1.77 bits per heavy atom. The van der Waals surface area contributed by atoms with Gasteiger partial charge in [0.25, 0.3) is 0 Å². The smallest absolute Gasteiger partial charge is 0.185 e. The standard InChI is InChI=1S/C16H16FN5/c17-12-7-5-11(6-8-12)16-20-19-15-10-9-14(21-22(15)16)18-13-3-1-2-4-13/h5-10,13H,1-4H2,(H,18,21). The predicted molar refractivity (Wildman–Crippen MR) is 82.1 cm³/mol. The molecule has 0 saturated heterocycles. The zero-order valence-electron chi connectivity index (χ0n) is 12.0. The third-order valence-corrected chi connectivity index (χ3v) is 4.07. The van der Waals surface area contributed by atoms with E-state index in [1.54, 1.807) is 16.6 Å². The second-order valence-electron chi connectivity index (χ2n) is 5.64. The predicted octanol–water partition coefficient (Wildman–Crippen LogP) is 3.28. The molecule has 0 spiro atoms. The van der Waals surface area contributed by atoms with Crippen LogP contribution in [0.2, 0.25) is 0 Å². The lowest BCUT2D eigenvalue weighted by Crippen LogP contribution is -2.16. The zero-order valence-corrected chi connectivity index (χ0v) is 12.0. The molecule has 0 amide bonds. The van der Waals surface area contributed by atoms with Gasteiger partial charge < -0.3 is 5.32 Å². The van der Waals surface area contributed by atoms with E-state index in [-0.39, 0.29) is 5.82 Å². The van der Waals surface area contributed by atoms with Crippen molar-refractivity contribution in [3.63, 3.8) is 0 Å². The Morgan fingerprint density at radius 3 is 2.55 bits per heavy atom. The Kier molecular flexibility index (Phi) is 3.21. The lowest BCUT2D eigenvalue weighted by Gasteiger charge is -2.12. The first-order chi connectivity index (χ1) is 10.8. The molecule has 0 unspecified atom stereocenters. The van der Waals surface area contributed by atoms with Crippen molar-refractivity contribution in [1.82, 2.24) is 19.8 Å². The van der Waals surface area contributed by atoms with Crippen LogP contribution < -0.4 is 5.32 Å². The SMILES string of the molecule is Fc1ccc(-c2nnc3ccc(NC4CCCC4)nn23)cc1. The van der Waals surface area contributed by atoms with E-state index in [2.05, 4.69) is 20.6 Å². The second-order valence-corrected chi connectivity index (χ2v) is 5.64. The molecule has 5 nitrogen and oxygen atoms in total. The van der Waals surface area contributed by atoms with E-state index in [0.717, 1.165) is 11.4 Å². The fourth-order valence-electron chi connectivity index (χ4n) is 2.92. The van der Waals surface area contributed by atoms with E-state index < -0.39 is 0 Å². The van der Waals surface area contributed by atoms with Crippen molar-refractivity contribution >= 4 is 11.5 Å². The lowest BCUT2D eigenvalue weighted by atomic mass is 10.2. The molecule has 1 N–H and O–H groups in total. The van der Waals surface area contributed by atoms with Gasteiger partial charge >= 0.3 is 0 Å². The quantitative estimate of drug-likeness (QED) is 0.806. The molecule has 6 heteroatoms. The zero-order chi connectivity index (χ0) is 14.9. The number of rotatable bonds is 3. The summed E-state index contributed by atoms with van der Waals surface area (Å²) in [5.74, 6) is 1.17. The summed E-state index contributed by atoms with van der Waals surface area (Å²) in [5.41, 5.74) is 1.47. The topological polar surface area (TPSA) is 55.1 Å². The van der Waals surface area contributed by atoms with Gasteiger partial charge in [0, 0.05) is 11.6 Å². The Morgan fingerprint density at radius 1 is 1.00 bits per heavy atom. The van der Waals surface area contributed by atoms with Gasteiger partial charge in [-0.2, -0.15) is 4.52 Å². The molecule has 1 aliphatic rings. The van der Waals surface area contributed by atoms with Crippen molar-refractivity contribution in [2.45, 2.75) is 31.7 Å². The normalized spacial score (nSPS) is 15.5. The van der Waals surface area contributed by atoms with Crippen molar-refractivity contribution in [2.75, 3.05) is 5.32 Å². The van der Waals surface area contributed by atoms with Crippen molar-refractivity contribution in [1.29, 1.82) is 0 Å². The Balaban J connectivity index is 1.71. The van der Waals surface area contributed by atoms with E-state index in [1.807, 2.05) is 12.1 Å². The number of aromatic nitrogens is 4. The fourth-order valence-corrected chi connectivity index (χ4v) is 2.92. The van der Waals surface area contributed by atoms with Crippen LogP contribution >= 0.6 is 0 Å². The van der Waals surface area contributed by atoms with Crippen LogP contribution in [0.3, 0.4) is 0 Å². The molecule has 22 heavy (non-hydrogen) atoms. The van der Waals surface area contributed by atoms with Gasteiger partial charge in [-0.3, -0.25) is 0 Å². The van der Waals surface area contributed by atoms with E-state index in [1.165, 1.54) is 37.8 Å². The third kappa shape index (κ3) is 2.41. The molecule has 1 saturated carbocycles. The summed E-state index contributed by atoms with van der Waals surface area (Å²) in [7, 11) is 0. The van der Waals surface area contributed by atoms with Gasteiger partial charge in [-0.25, -0.2) is 4.39 Å². The fraction of sp³-hybridized carbons (Fsp3) is 0.312. The number of nitrogens with zero attached hydrogens (tertiary/aromatic N) is 4. The van der Waals surface area contributed by atoms with Crippen molar-refractivity contribution in [3.8, 4) is 11.4 Å². The maximum absolute atomic E-state index is 13.1. The summed E-state index contributed by atoms with van der Waals surface area (Å²) in [5, 5.41) is 16.3. The number of fused-ring (bicyclic) bond motifs is 1.